The van der Waals surface area contributed by atoms with Gasteiger partial charge >= 0.3 is 0 Å². The molecule has 73 heavy (non-hydrogen) atoms. The minimum absolute atomic E-state index is 0.152. The molecule has 0 saturated heterocycles. The van der Waals surface area contributed by atoms with Crippen LogP contribution >= 0.6 is 0 Å². The van der Waals surface area contributed by atoms with E-state index in [1.54, 1.807) is 12.4 Å². The number of hydrogen-bond donors (Lipinski definition) is 2. The molecule has 11 aromatic carbocycles. The monoisotopic (exact) mass is 939 g/mol. The SMILES string of the molecule is Oc1c(C=NC[C@H](Cc2cc(-c3ccccc3)ccn2)N=Cc2cc3ccccc3c(-c3c(-c4ccccc4)ccc4ccccc34)c2O)cc2ccccc2c1-c1c(-c2ccccc2)ccc2ccccc12. The van der Waals surface area contributed by atoms with Crippen LogP contribution in [0.2, 0.25) is 0 Å². The first-order valence-corrected chi connectivity index (χ1v) is 24.7. The molecule has 1 aromatic heterocycles. The summed E-state index contributed by atoms with van der Waals surface area (Å²) in [6.07, 6.45) is 5.91. The molecule has 0 unspecified atom stereocenters. The molecule has 0 fully saturated rings. The molecule has 0 spiro atoms. The Morgan fingerprint density at radius 2 is 0.808 bits per heavy atom. The summed E-state index contributed by atoms with van der Waals surface area (Å²) in [7, 11) is 0. The molecule has 12 rings (SSSR count). The Balaban J connectivity index is 0.979. The molecular weight excluding hydrogens is 891 g/mol. The van der Waals surface area contributed by atoms with E-state index in [9.17, 15) is 10.2 Å². The Morgan fingerprint density at radius 3 is 1.32 bits per heavy atom. The molecular formula is C68H49N3O2. The van der Waals surface area contributed by atoms with Crippen LogP contribution in [0.25, 0.3) is 98.7 Å². The van der Waals surface area contributed by atoms with Gasteiger partial charge in [-0.1, -0.05) is 212 Å². The largest absolute Gasteiger partial charge is 0.507 e. The molecule has 2 N–H and O–H groups in total. The number of fused-ring (bicyclic) bond motifs is 4. The summed E-state index contributed by atoms with van der Waals surface area (Å²) in [6, 6.07) is 80.6. The van der Waals surface area contributed by atoms with E-state index in [4.69, 9.17) is 15.0 Å². The first-order chi connectivity index (χ1) is 36.1. The van der Waals surface area contributed by atoms with E-state index in [1.807, 2.05) is 79.0 Å². The van der Waals surface area contributed by atoms with Gasteiger partial charge in [0.25, 0.3) is 0 Å². The fourth-order valence-corrected chi connectivity index (χ4v) is 10.5. The fraction of sp³-hybridized carbons (Fsp3) is 0.0441. The van der Waals surface area contributed by atoms with E-state index in [0.717, 1.165) is 104 Å². The summed E-state index contributed by atoms with van der Waals surface area (Å²) in [4.78, 5) is 15.2. The fourth-order valence-electron chi connectivity index (χ4n) is 10.5. The number of rotatable bonds is 12. The summed E-state index contributed by atoms with van der Waals surface area (Å²) >= 11 is 0. The van der Waals surface area contributed by atoms with Gasteiger partial charge in [0.05, 0.1) is 12.6 Å². The number of phenols is 2. The van der Waals surface area contributed by atoms with E-state index in [1.165, 1.54) is 0 Å². The molecule has 1 heterocycles. The quantitative estimate of drug-likeness (QED) is 0.120. The van der Waals surface area contributed by atoms with Gasteiger partial charge in [0.1, 0.15) is 11.5 Å². The zero-order chi connectivity index (χ0) is 49.1. The van der Waals surface area contributed by atoms with E-state index < -0.39 is 6.04 Å². The second-order valence-electron chi connectivity index (χ2n) is 18.5. The number of benzene rings is 11. The average molecular weight is 940 g/mol. The molecule has 0 aliphatic heterocycles. The van der Waals surface area contributed by atoms with Crippen LogP contribution in [0.5, 0.6) is 11.5 Å². The average Bonchev–Trinajstić information content (AvgIpc) is 3.45. The molecule has 1 atom stereocenters. The predicted molar refractivity (Wildman–Crippen MR) is 305 cm³/mol. The molecule has 0 saturated carbocycles. The molecule has 12 aromatic rings. The maximum absolute atomic E-state index is 12.7. The Morgan fingerprint density at radius 1 is 0.384 bits per heavy atom. The number of nitrogens with zero attached hydrogens (tertiary/aromatic N) is 3. The summed E-state index contributed by atoms with van der Waals surface area (Å²) in [5.74, 6) is 0.310. The maximum atomic E-state index is 12.7. The standard InChI is InChI=1S/C68H49N3O2/c72-67-53(38-51-26-12-16-30-59(51)65(67)63-57-28-14-10-24-48(57)32-34-61(63)46-20-6-2-7-21-46)42-69-44-56(41-55-40-50(36-37-70-55)45-18-4-1-5-19-45)71-43-54-39-52-27-13-17-31-60(52)66(68(54)73)64-58-29-15-11-25-49(58)33-35-62(64)47-22-8-3-9-23-47/h1-40,42-43,56,72-73H,41,44H2/t56-/m0/s1. The highest BCUT2D eigenvalue weighted by Crippen LogP contribution is 2.48. The zero-order valence-electron chi connectivity index (χ0n) is 40.0. The lowest BCUT2D eigenvalue weighted by atomic mass is 9.86. The van der Waals surface area contributed by atoms with Crippen molar-refractivity contribution >= 4 is 55.5 Å². The molecule has 5 heteroatoms. The van der Waals surface area contributed by atoms with Crippen molar-refractivity contribution in [1.82, 2.24) is 4.98 Å². The third kappa shape index (κ3) is 8.79. The van der Waals surface area contributed by atoms with Crippen molar-refractivity contribution in [3.8, 4) is 67.1 Å². The molecule has 0 bridgehead atoms. The number of hydrogen-bond acceptors (Lipinski definition) is 5. The second-order valence-corrected chi connectivity index (χ2v) is 18.5. The van der Waals surface area contributed by atoms with Crippen LogP contribution in [-0.2, 0) is 6.42 Å². The molecule has 348 valence electrons. The van der Waals surface area contributed by atoms with Crippen molar-refractivity contribution in [1.29, 1.82) is 0 Å². The van der Waals surface area contributed by atoms with Crippen molar-refractivity contribution in [2.75, 3.05) is 6.54 Å². The lowest BCUT2D eigenvalue weighted by molar-refractivity contribution is 0.476. The minimum Gasteiger partial charge on any atom is -0.507 e. The molecule has 0 aliphatic rings. The van der Waals surface area contributed by atoms with E-state index in [2.05, 4.69) is 164 Å². The van der Waals surface area contributed by atoms with Gasteiger partial charge in [0.15, 0.2) is 0 Å². The predicted octanol–water partition coefficient (Wildman–Crippen LogP) is 16.6. The topological polar surface area (TPSA) is 78.1 Å². The number of pyridine rings is 1. The highest BCUT2D eigenvalue weighted by atomic mass is 16.3. The van der Waals surface area contributed by atoms with Gasteiger partial charge in [-0.3, -0.25) is 15.0 Å². The van der Waals surface area contributed by atoms with Crippen molar-refractivity contribution in [3.63, 3.8) is 0 Å². The van der Waals surface area contributed by atoms with Crippen molar-refractivity contribution < 1.29 is 10.2 Å². The van der Waals surface area contributed by atoms with Gasteiger partial charge in [0.2, 0.25) is 0 Å². The van der Waals surface area contributed by atoms with Crippen molar-refractivity contribution in [2.45, 2.75) is 12.5 Å². The van der Waals surface area contributed by atoms with Crippen LogP contribution in [0.15, 0.2) is 253 Å². The van der Waals surface area contributed by atoms with Gasteiger partial charge in [0, 0.05) is 64.1 Å². The van der Waals surface area contributed by atoms with Gasteiger partial charge < -0.3 is 10.2 Å². The van der Waals surface area contributed by atoms with Crippen molar-refractivity contribution in [3.05, 3.63) is 260 Å². The van der Waals surface area contributed by atoms with E-state index in [0.29, 0.717) is 17.5 Å². The number of aromatic hydroxyl groups is 2. The number of phenolic OH excluding ortho intramolecular Hbond substituents is 2. The van der Waals surface area contributed by atoms with E-state index in [-0.39, 0.29) is 18.0 Å². The highest BCUT2D eigenvalue weighted by Gasteiger charge is 2.23. The normalized spacial score (nSPS) is 12.2. The van der Waals surface area contributed by atoms with Gasteiger partial charge in [-0.25, -0.2) is 0 Å². The lowest BCUT2D eigenvalue weighted by Crippen LogP contribution is -2.14. The van der Waals surface area contributed by atoms with Crippen LogP contribution in [0.4, 0.5) is 0 Å². The Kier molecular flexibility index (Phi) is 12.1. The molecule has 0 amide bonds. The zero-order valence-corrected chi connectivity index (χ0v) is 40.0. The van der Waals surface area contributed by atoms with E-state index >= 15 is 0 Å². The maximum Gasteiger partial charge on any atom is 0.132 e. The van der Waals surface area contributed by atoms with Crippen molar-refractivity contribution in [2.24, 2.45) is 9.98 Å². The van der Waals surface area contributed by atoms with Crippen LogP contribution in [0.3, 0.4) is 0 Å². The number of aliphatic imine (C=N–C) groups is 2. The van der Waals surface area contributed by atoms with Crippen LogP contribution in [0, 0.1) is 0 Å². The summed E-state index contributed by atoms with van der Waals surface area (Å²) in [5, 5.41) is 33.4. The summed E-state index contributed by atoms with van der Waals surface area (Å²) in [5.41, 5.74) is 11.9. The molecule has 5 nitrogen and oxygen atoms in total. The first kappa shape index (κ1) is 44.7. The smallest absolute Gasteiger partial charge is 0.132 e. The molecule has 0 aliphatic carbocycles. The Hall–Kier alpha value is -9.45. The second kappa shape index (κ2) is 19.7. The Labute approximate surface area is 424 Å². The first-order valence-electron chi connectivity index (χ1n) is 24.7. The van der Waals surface area contributed by atoms with Gasteiger partial charge in [-0.2, -0.15) is 0 Å². The summed E-state index contributed by atoms with van der Waals surface area (Å²) in [6.45, 7) is 0.279. The number of aromatic nitrogens is 1. The van der Waals surface area contributed by atoms with Gasteiger partial charge in [-0.15, -0.1) is 0 Å². The summed E-state index contributed by atoms with van der Waals surface area (Å²) < 4.78 is 0. The minimum atomic E-state index is -0.397. The third-order valence-electron chi connectivity index (χ3n) is 14.0. The van der Waals surface area contributed by atoms with Gasteiger partial charge in [-0.05, 0) is 101 Å². The highest BCUT2D eigenvalue weighted by molar-refractivity contribution is 6.16. The Bertz CT molecular complexity index is 4060. The third-order valence-corrected chi connectivity index (χ3v) is 14.0. The van der Waals surface area contributed by atoms with Crippen LogP contribution < -0.4 is 0 Å². The lowest BCUT2D eigenvalue weighted by Gasteiger charge is -2.19. The molecule has 0 radical (unpaired) electrons. The van der Waals surface area contributed by atoms with Crippen LogP contribution in [-0.4, -0.2) is 40.2 Å². The van der Waals surface area contributed by atoms with Crippen LogP contribution in [0.1, 0.15) is 16.8 Å².